The number of benzene rings is 1. The molecule has 0 saturated heterocycles. The van der Waals surface area contributed by atoms with Crippen molar-refractivity contribution in [1.82, 2.24) is 0 Å². The SMILES string of the molecule is CCCCC=CC1(c2cc(O)c([C@H]3C=C(C)[C@H]4C[C@@H]3C4(C)C)c(O)c2)CCCC1. The Morgan fingerprint density at radius 3 is 2.31 bits per heavy atom. The van der Waals surface area contributed by atoms with Gasteiger partial charge in [-0.2, -0.15) is 0 Å². The van der Waals surface area contributed by atoms with Gasteiger partial charge in [0.15, 0.2) is 0 Å². The van der Waals surface area contributed by atoms with Crippen LogP contribution in [0.4, 0.5) is 0 Å². The highest BCUT2D eigenvalue weighted by Crippen LogP contribution is 2.65. The third kappa shape index (κ3) is 3.33. The fraction of sp³-hybridized carbons (Fsp3) is 0.630. The third-order valence-corrected chi connectivity index (χ3v) is 8.47. The molecule has 5 rings (SSSR count). The van der Waals surface area contributed by atoms with Crippen LogP contribution >= 0.6 is 0 Å². The summed E-state index contributed by atoms with van der Waals surface area (Å²) in [5, 5.41) is 22.2. The summed E-state index contributed by atoms with van der Waals surface area (Å²) in [7, 11) is 0. The van der Waals surface area contributed by atoms with Crippen molar-refractivity contribution >= 4 is 0 Å². The van der Waals surface area contributed by atoms with Crippen molar-refractivity contribution in [1.29, 1.82) is 0 Å². The molecule has 4 aliphatic rings. The van der Waals surface area contributed by atoms with E-state index >= 15 is 0 Å². The molecule has 2 saturated carbocycles. The quantitative estimate of drug-likeness (QED) is 0.391. The summed E-state index contributed by atoms with van der Waals surface area (Å²) in [5.74, 6) is 1.83. The van der Waals surface area contributed by atoms with Crippen LogP contribution in [0.5, 0.6) is 11.5 Å². The maximum Gasteiger partial charge on any atom is 0.123 e. The summed E-state index contributed by atoms with van der Waals surface area (Å²) >= 11 is 0. The van der Waals surface area contributed by atoms with Gasteiger partial charge in [-0.3, -0.25) is 0 Å². The highest BCUT2D eigenvalue weighted by Gasteiger charge is 2.55. The molecular formula is C27H38O2. The van der Waals surface area contributed by atoms with Crippen LogP contribution in [0, 0.1) is 17.3 Å². The molecule has 0 radical (unpaired) electrons. The zero-order valence-electron chi connectivity index (χ0n) is 18.7. The first-order valence-corrected chi connectivity index (χ1v) is 11.7. The van der Waals surface area contributed by atoms with E-state index in [0.717, 1.165) is 30.4 Å². The van der Waals surface area contributed by atoms with Gasteiger partial charge in [-0.1, -0.05) is 70.3 Å². The topological polar surface area (TPSA) is 40.5 Å². The maximum atomic E-state index is 11.1. The van der Waals surface area contributed by atoms with E-state index in [4.69, 9.17) is 0 Å². The summed E-state index contributed by atoms with van der Waals surface area (Å²) in [5.41, 5.74) is 3.46. The highest BCUT2D eigenvalue weighted by molar-refractivity contribution is 5.54. The Labute approximate surface area is 176 Å². The Morgan fingerprint density at radius 1 is 1.10 bits per heavy atom. The minimum Gasteiger partial charge on any atom is -0.507 e. The Hall–Kier alpha value is -1.70. The van der Waals surface area contributed by atoms with Crippen LogP contribution < -0.4 is 0 Å². The number of hydrogen-bond donors (Lipinski definition) is 2. The molecule has 2 bridgehead atoms. The Morgan fingerprint density at radius 2 is 1.76 bits per heavy atom. The summed E-state index contributed by atoms with van der Waals surface area (Å²) < 4.78 is 0. The van der Waals surface area contributed by atoms with Gasteiger partial charge in [0.2, 0.25) is 0 Å². The molecule has 29 heavy (non-hydrogen) atoms. The molecule has 4 aliphatic carbocycles. The monoisotopic (exact) mass is 394 g/mol. The Kier molecular flexibility index (Phi) is 5.34. The fourth-order valence-corrected chi connectivity index (χ4v) is 6.58. The molecule has 0 unspecified atom stereocenters. The lowest BCUT2D eigenvalue weighted by Crippen LogP contribution is -2.50. The third-order valence-electron chi connectivity index (χ3n) is 8.47. The van der Waals surface area contributed by atoms with Gasteiger partial charge in [0.1, 0.15) is 11.5 Å². The molecule has 158 valence electrons. The van der Waals surface area contributed by atoms with Gasteiger partial charge in [-0.25, -0.2) is 0 Å². The predicted octanol–water partition coefficient (Wildman–Crippen LogP) is 7.36. The largest absolute Gasteiger partial charge is 0.507 e. The van der Waals surface area contributed by atoms with Gasteiger partial charge in [0, 0.05) is 16.9 Å². The van der Waals surface area contributed by atoms with Gasteiger partial charge in [0.25, 0.3) is 0 Å². The van der Waals surface area contributed by atoms with Crippen LogP contribution in [-0.4, -0.2) is 10.2 Å². The van der Waals surface area contributed by atoms with Gasteiger partial charge in [-0.05, 0) is 67.6 Å². The van der Waals surface area contributed by atoms with E-state index in [9.17, 15) is 10.2 Å². The number of phenolic OH excluding ortho intramolecular Hbond substituents is 2. The van der Waals surface area contributed by atoms with E-state index in [1.165, 1.54) is 37.7 Å². The van der Waals surface area contributed by atoms with Crippen molar-refractivity contribution in [3.05, 3.63) is 47.1 Å². The molecule has 2 fully saturated rings. The predicted molar refractivity (Wildman–Crippen MR) is 120 cm³/mol. The number of fused-ring (bicyclic) bond motifs is 1. The minimum atomic E-state index is -0.0274. The number of unbranched alkanes of at least 4 members (excludes halogenated alkanes) is 2. The minimum absolute atomic E-state index is 0.0274. The second-order valence-corrected chi connectivity index (χ2v) is 10.5. The lowest BCUT2D eigenvalue weighted by Gasteiger charge is -2.59. The number of hydrogen-bond acceptors (Lipinski definition) is 2. The smallest absolute Gasteiger partial charge is 0.123 e. The van der Waals surface area contributed by atoms with Crippen LogP contribution in [0.2, 0.25) is 0 Å². The molecule has 0 aliphatic heterocycles. The number of rotatable bonds is 6. The van der Waals surface area contributed by atoms with Crippen LogP contribution in [0.3, 0.4) is 0 Å². The van der Waals surface area contributed by atoms with Crippen molar-refractivity contribution in [2.75, 3.05) is 0 Å². The molecule has 2 N–H and O–H groups in total. The Balaban J connectivity index is 1.69. The normalized spacial score (nSPS) is 29.7. The lowest BCUT2D eigenvalue weighted by molar-refractivity contribution is -0.0198. The molecule has 2 nitrogen and oxygen atoms in total. The number of aromatic hydroxyl groups is 2. The zero-order chi connectivity index (χ0) is 20.8. The van der Waals surface area contributed by atoms with Crippen molar-refractivity contribution < 1.29 is 10.2 Å². The van der Waals surface area contributed by atoms with Crippen LogP contribution in [0.15, 0.2) is 35.9 Å². The Bertz CT molecular complexity index is 800. The molecule has 2 heteroatoms. The van der Waals surface area contributed by atoms with Gasteiger partial charge in [0.05, 0.1) is 0 Å². The summed E-state index contributed by atoms with van der Waals surface area (Å²) in [4.78, 5) is 0. The standard InChI is InChI=1S/C27H38O2/c1-5-6-7-8-11-27(12-9-10-13-27)19-15-23(28)25(24(29)16-19)20-14-18(2)21-17-22(20)26(21,3)4/h8,11,14-16,20-22,28-29H,5-7,9-10,12-13,17H2,1-4H3/t20-,21+,22-/m0/s1. The van der Waals surface area contributed by atoms with E-state index in [1.54, 1.807) is 0 Å². The molecule has 0 spiro atoms. The van der Waals surface area contributed by atoms with E-state index in [-0.39, 0.29) is 28.2 Å². The van der Waals surface area contributed by atoms with Gasteiger partial charge < -0.3 is 10.2 Å². The van der Waals surface area contributed by atoms with Crippen LogP contribution in [0.25, 0.3) is 0 Å². The molecule has 0 heterocycles. The van der Waals surface area contributed by atoms with E-state index in [1.807, 2.05) is 12.1 Å². The van der Waals surface area contributed by atoms with E-state index in [2.05, 4.69) is 45.9 Å². The first-order valence-electron chi connectivity index (χ1n) is 11.7. The number of phenols is 2. The first-order chi connectivity index (χ1) is 13.8. The zero-order valence-corrected chi connectivity index (χ0v) is 18.7. The van der Waals surface area contributed by atoms with E-state index in [0.29, 0.717) is 11.8 Å². The van der Waals surface area contributed by atoms with Crippen molar-refractivity contribution in [2.24, 2.45) is 17.3 Å². The molecule has 3 atom stereocenters. The molecule has 0 amide bonds. The lowest BCUT2D eigenvalue weighted by atomic mass is 9.45. The summed E-state index contributed by atoms with van der Waals surface area (Å²) in [6.07, 6.45) is 16.3. The highest BCUT2D eigenvalue weighted by atomic mass is 16.3. The van der Waals surface area contributed by atoms with E-state index < -0.39 is 0 Å². The van der Waals surface area contributed by atoms with Crippen LogP contribution in [-0.2, 0) is 5.41 Å². The van der Waals surface area contributed by atoms with Crippen molar-refractivity contribution in [3.8, 4) is 11.5 Å². The van der Waals surface area contributed by atoms with Crippen molar-refractivity contribution in [3.63, 3.8) is 0 Å². The second-order valence-electron chi connectivity index (χ2n) is 10.5. The van der Waals surface area contributed by atoms with Crippen LogP contribution in [0.1, 0.15) is 96.1 Å². The summed E-state index contributed by atoms with van der Waals surface area (Å²) in [6.45, 7) is 9.12. The molecular weight excluding hydrogens is 356 g/mol. The van der Waals surface area contributed by atoms with Gasteiger partial charge in [-0.15, -0.1) is 0 Å². The summed E-state index contributed by atoms with van der Waals surface area (Å²) in [6, 6.07) is 3.93. The molecule has 0 aromatic heterocycles. The average Bonchev–Trinajstić information content (AvgIpc) is 3.14. The first kappa shape index (κ1) is 20.6. The number of allylic oxidation sites excluding steroid dienone is 4. The van der Waals surface area contributed by atoms with Crippen molar-refractivity contribution in [2.45, 2.75) is 90.4 Å². The van der Waals surface area contributed by atoms with Gasteiger partial charge >= 0.3 is 0 Å². The average molecular weight is 395 g/mol. The molecule has 1 aromatic rings. The maximum absolute atomic E-state index is 11.1. The fourth-order valence-electron chi connectivity index (χ4n) is 6.58. The molecule has 1 aromatic carbocycles. The second kappa shape index (κ2) is 7.52.